The molecule has 0 N–H and O–H groups in total. The predicted molar refractivity (Wildman–Crippen MR) is 182 cm³/mol. The standard InChI is InChI=1S/C43H40/c1-41(2,33-25-29-39(30-26-33)42(3,35-17-9-5-10-18-35)36-19-11-6-12-20-36)34-27-31-40(32-28-34)43(4,37-21-13-7-14-22-37)38-23-15-8-16-24-38/h5-32H,1-4H3. The lowest BCUT2D eigenvalue weighted by atomic mass is 9.69. The topological polar surface area (TPSA) is 0 Å². The summed E-state index contributed by atoms with van der Waals surface area (Å²) in [6.07, 6.45) is 0. The van der Waals surface area contributed by atoms with E-state index in [1.165, 1.54) is 44.5 Å². The second-order valence-electron chi connectivity index (χ2n) is 12.5. The largest absolute Gasteiger partial charge is 0.0622 e. The van der Waals surface area contributed by atoms with Crippen molar-refractivity contribution in [3.8, 4) is 0 Å². The molecule has 6 aromatic rings. The molecule has 43 heavy (non-hydrogen) atoms. The lowest BCUT2D eigenvalue weighted by molar-refractivity contribution is 0.634. The van der Waals surface area contributed by atoms with E-state index in [-0.39, 0.29) is 16.2 Å². The van der Waals surface area contributed by atoms with Crippen LogP contribution < -0.4 is 0 Å². The summed E-state index contributed by atoms with van der Waals surface area (Å²) in [5, 5.41) is 0. The summed E-state index contributed by atoms with van der Waals surface area (Å²) < 4.78 is 0. The summed E-state index contributed by atoms with van der Waals surface area (Å²) in [6.45, 7) is 9.34. The van der Waals surface area contributed by atoms with E-state index >= 15 is 0 Å². The average Bonchev–Trinajstić information content (AvgIpc) is 3.09. The molecule has 0 aliphatic heterocycles. The molecule has 0 unspecified atom stereocenters. The molecule has 0 amide bonds. The minimum atomic E-state index is -0.244. The maximum atomic E-state index is 2.34. The van der Waals surface area contributed by atoms with Gasteiger partial charge in [0.2, 0.25) is 0 Å². The van der Waals surface area contributed by atoms with Crippen LogP contribution in [0, 0.1) is 0 Å². The predicted octanol–water partition coefficient (Wildman–Crippen LogP) is 10.7. The first-order chi connectivity index (χ1) is 20.8. The van der Waals surface area contributed by atoms with Crippen LogP contribution in [-0.4, -0.2) is 0 Å². The van der Waals surface area contributed by atoms with Crippen molar-refractivity contribution in [2.75, 3.05) is 0 Å². The second kappa shape index (κ2) is 11.5. The van der Waals surface area contributed by atoms with Gasteiger partial charge in [-0.15, -0.1) is 0 Å². The van der Waals surface area contributed by atoms with Crippen LogP contribution in [0.3, 0.4) is 0 Å². The molecule has 0 radical (unpaired) electrons. The van der Waals surface area contributed by atoms with E-state index in [1.54, 1.807) is 0 Å². The molecule has 0 saturated heterocycles. The lowest BCUT2D eigenvalue weighted by Gasteiger charge is -2.34. The molecule has 0 atom stereocenters. The molecule has 0 aromatic heterocycles. The Labute approximate surface area is 257 Å². The van der Waals surface area contributed by atoms with Gasteiger partial charge in [-0.2, -0.15) is 0 Å². The van der Waals surface area contributed by atoms with E-state index in [0.717, 1.165) is 0 Å². The van der Waals surface area contributed by atoms with Crippen molar-refractivity contribution < 1.29 is 0 Å². The van der Waals surface area contributed by atoms with Crippen molar-refractivity contribution in [2.45, 2.75) is 43.9 Å². The molecule has 6 aromatic carbocycles. The zero-order valence-electron chi connectivity index (χ0n) is 25.7. The normalized spacial score (nSPS) is 12.2. The Hall–Kier alpha value is -4.68. The maximum absolute atomic E-state index is 2.34. The van der Waals surface area contributed by atoms with Gasteiger partial charge in [-0.3, -0.25) is 0 Å². The summed E-state index contributed by atoms with van der Waals surface area (Å²) in [7, 11) is 0. The third-order valence-corrected chi connectivity index (χ3v) is 9.77. The van der Waals surface area contributed by atoms with Crippen LogP contribution in [0.5, 0.6) is 0 Å². The van der Waals surface area contributed by atoms with Crippen LogP contribution in [0.4, 0.5) is 0 Å². The van der Waals surface area contributed by atoms with Gasteiger partial charge in [-0.05, 0) is 58.4 Å². The van der Waals surface area contributed by atoms with Crippen LogP contribution in [0.25, 0.3) is 0 Å². The molecule has 0 heterocycles. The first kappa shape index (κ1) is 28.4. The van der Waals surface area contributed by atoms with Crippen molar-refractivity contribution in [3.63, 3.8) is 0 Å². The molecule has 0 nitrogen and oxygen atoms in total. The van der Waals surface area contributed by atoms with Gasteiger partial charge < -0.3 is 0 Å². The molecular formula is C43H40. The van der Waals surface area contributed by atoms with Crippen LogP contribution in [0.2, 0.25) is 0 Å². The van der Waals surface area contributed by atoms with Gasteiger partial charge in [0.1, 0.15) is 0 Å². The fraction of sp³-hybridized carbons (Fsp3) is 0.163. The number of hydrogen-bond acceptors (Lipinski definition) is 0. The highest BCUT2D eigenvalue weighted by Crippen LogP contribution is 2.42. The Kier molecular flexibility index (Phi) is 7.63. The van der Waals surface area contributed by atoms with Gasteiger partial charge in [0.25, 0.3) is 0 Å². The smallest absolute Gasteiger partial charge is 0.0423 e. The summed E-state index contributed by atoms with van der Waals surface area (Å²) in [5.41, 5.74) is 9.74. The Morgan fingerprint density at radius 2 is 0.419 bits per heavy atom. The number of rotatable bonds is 8. The monoisotopic (exact) mass is 556 g/mol. The molecular weight excluding hydrogens is 516 g/mol. The number of hydrogen-bond donors (Lipinski definition) is 0. The SMILES string of the molecule is CC(C)(c1ccc(C(C)(c2ccccc2)c2ccccc2)cc1)c1ccc(C(C)(c2ccccc2)c2ccccc2)cc1. The van der Waals surface area contributed by atoms with Crippen LogP contribution in [-0.2, 0) is 16.2 Å². The summed E-state index contributed by atoms with van der Waals surface area (Å²) in [4.78, 5) is 0. The molecule has 0 aliphatic rings. The summed E-state index contributed by atoms with van der Waals surface area (Å²) in [5.74, 6) is 0. The van der Waals surface area contributed by atoms with Crippen LogP contribution >= 0.6 is 0 Å². The van der Waals surface area contributed by atoms with Gasteiger partial charge in [-0.1, -0.05) is 184 Å². The third-order valence-electron chi connectivity index (χ3n) is 9.77. The minimum absolute atomic E-state index is 0.150. The first-order valence-electron chi connectivity index (χ1n) is 15.3. The van der Waals surface area contributed by atoms with Crippen LogP contribution in [0.15, 0.2) is 170 Å². The highest BCUT2D eigenvalue weighted by molar-refractivity contribution is 5.53. The summed E-state index contributed by atoms with van der Waals surface area (Å²) >= 11 is 0. The Morgan fingerprint density at radius 1 is 0.233 bits per heavy atom. The molecule has 0 aliphatic carbocycles. The molecule has 0 fully saturated rings. The first-order valence-corrected chi connectivity index (χ1v) is 15.3. The maximum Gasteiger partial charge on any atom is 0.0423 e. The molecule has 0 bridgehead atoms. The van der Waals surface area contributed by atoms with Gasteiger partial charge >= 0.3 is 0 Å². The van der Waals surface area contributed by atoms with Gasteiger partial charge in [0.05, 0.1) is 0 Å². The average molecular weight is 557 g/mol. The molecule has 0 heteroatoms. The summed E-state index contributed by atoms with van der Waals surface area (Å²) in [6, 6.07) is 62.0. The fourth-order valence-corrected chi connectivity index (χ4v) is 6.69. The zero-order valence-corrected chi connectivity index (χ0v) is 25.7. The second-order valence-corrected chi connectivity index (χ2v) is 12.5. The molecule has 6 rings (SSSR count). The van der Waals surface area contributed by atoms with Gasteiger partial charge in [0.15, 0.2) is 0 Å². The Bertz CT molecular complexity index is 1530. The lowest BCUT2D eigenvalue weighted by Crippen LogP contribution is -2.26. The highest BCUT2D eigenvalue weighted by atomic mass is 14.4. The minimum Gasteiger partial charge on any atom is -0.0622 e. The van der Waals surface area contributed by atoms with Gasteiger partial charge in [-0.25, -0.2) is 0 Å². The van der Waals surface area contributed by atoms with E-state index in [9.17, 15) is 0 Å². The number of benzene rings is 6. The van der Waals surface area contributed by atoms with E-state index in [0.29, 0.717) is 0 Å². The van der Waals surface area contributed by atoms with Crippen molar-refractivity contribution in [2.24, 2.45) is 0 Å². The highest BCUT2D eigenvalue weighted by Gasteiger charge is 2.33. The van der Waals surface area contributed by atoms with E-state index in [2.05, 4.69) is 198 Å². The van der Waals surface area contributed by atoms with Gasteiger partial charge in [0, 0.05) is 16.2 Å². The third kappa shape index (κ3) is 5.12. The van der Waals surface area contributed by atoms with E-state index < -0.39 is 0 Å². The van der Waals surface area contributed by atoms with Crippen molar-refractivity contribution in [1.29, 1.82) is 0 Å². The van der Waals surface area contributed by atoms with Crippen molar-refractivity contribution in [1.82, 2.24) is 0 Å². The van der Waals surface area contributed by atoms with Crippen molar-refractivity contribution >= 4 is 0 Å². The molecule has 212 valence electrons. The van der Waals surface area contributed by atoms with E-state index in [1.807, 2.05) is 0 Å². The van der Waals surface area contributed by atoms with Crippen molar-refractivity contribution in [3.05, 3.63) is 214 Å². The fourth-order valence-electron chi connectivity index (χ4n) is 6.69. The van der Waals surface area contributed by atoms with Crippen LogP contribution in [0.1, 0.15) is 72.2 Å². The van der Waals surface area contributed by atoms with E-state index in [4.69, 9.17) is 0 Å². The quantitative estimate of drug-likeness (QED) is 0.164. The Morgan fingerprint density at radius 3 is 0.651 bits per heavy atom. The molecule has 0 spiro atoms. The zero-order chi connectivity index (χ0) is 29.9. The molecule has 0 saturated carbocycles. The Balaban J connectivity index is 1.35.